The van der Waals surface area contributed by atoms with Crippen LogP contribution in [0.4, 0.5) is 4.39 Å². The fourth-order valence-electron chi connectivity index (χ4n) is 2.88. The highest BCUT2D eigenvalue weighted by molar-refractivity contribution is 5.04. The van der Waals surface area contributed by atoms with Crippen LogP contribution in [0.1, 0.15) is 25.3 Å². The number of aliphatic hydroxyl groups excluding tert-OH is 1. The molecule has 0 amide bonds. The topological polar surface area (TPSA) is 52.5 Å². The number of rotatable bonds is 7. The number of likely N-dealkylation sites (N-methyl/N-ethyl adjacent to an activating group) is 1. The minimum Gasteiger partial charge on any atom is -0.392 e. The number of likely N-dealkylation sites (tertiary alicyclic amines) is 1. The summed E-state index contributed by atoms with van der Waals surface area (Å²) in [6, 6.07) is 0.175. The molecule has 0 saturated carbocycles. The minimum absolute atomic E-state index is 0.175. The predicted octanol–water partition coefficient (Wildman–Crippen LogP) is 1.09. The average Bonchev–Trinajstić information content (AvgIpc) is 2.79. The van der Waals surface area contributed by atoms with Gasteiger partial charge in [-0.3, -0.25) is 4.90 Å². The van der Waals surface area contributed by atoms with Crippen molar-refractivity contribution in [3.63, 3.8) is 0 Å². The van der Waals surface area contributed by atoms with E-state index < -0.39 is 6.17 Å². The summed E-state index contributed by atoms with van der Waals surface area (Å²) in [6.45, 7) is 4.50. The van der Waals surface area contributed by atoms with Crippen LogP contribution in [0.2, 0.25) is 0 Å². The number of halogens is 1. The first-order valence-electron chi connectivity index (χ1n) is 7.57. The maximum Gasteiger partial charge on any atom is 0.115 e. The Bertz CT molecular complexity index is 419. The van der Waals surface area contributed by atoms with Crippen molar-refractivity contribution in [2.75, 3.05) is 26.7 Å². The molecule has 0 radical (unpaired) electrons. The minimum atomic E-state index is -0.774. The third-order valence-electron chi connectivity index (χ3n) is 3.99. The summed E-state index contributed by atoms with van der Waals surface area (Å²) in [4.78, 5) is 12.3. The van der Waals surface area contributed by atoms with Crippen molar-refractivity contribution < 1.29 is 9.50 Å². The third-order valence-corrected chi connectivity index (χ3v) is 3.99. The molecule has 1 saturated heterocycles. The van der Waals surface area contributed by atoms with Crippen LogP contribution >= 0.6 is 0 Å². The Morgan fingerprint density at radius 3 is 2.86 bits per heavy atom. The summed E-state index contributed by atoms with van der Waals surface area (Å²) in [5.41, 5.74) is 1.01. The van der Waals surface area contributed by atoms with Crippen molar-refractivity contribution in [3.8, 4) is 0 Å². The van der Waals surface area contributed by atoms with E-state index in [2.05, 4.69) is 19.8 Å². The zero-order chi connectivity index (χ0) is 15.2. The van der Waals surface area contributed by atoms with Crippen LogP contribution in [-0.4, -0.2) is 69.9 Å². The molecule has 0 unspecified atom stereocenters. The van der Waals surface area contributed by atoms with Gasteiger partial charge in [0.25, 0.3) is 0 Å². The highest BCUT2D eigenvalue weighted by Gasteiger charge is 2.32. The molecule has 2 heterocycles. The lowest BCUT2D eigenvalue weighted by Crippen LogP contribution is -2.41. The molecule has 5 nitrogen and oxygen atoms in total. The van der Waals surface area contributed by atoms with Crippen molar-refractivity contribution in [2.45, 2.75) is 44.6 Å². The largest absolute Gasteiger partial charge is 0.392 e. The molecule has 1 N–H and O–H groups in total. The summed E-state index contributed by atoms with van der Waals surface area (Å²) in [7, 11) is 1.98. The van der Waals surface area contributed by atoms with Crippen molar-refractivity contribution in [1.82, 2.24) is 19.8 Å². The molecule has 1 aromatic heterocycles. The normalized spacial score (nSPS) is 24.6. The van der Waals surface area contributed by atoms with Crippen molar-refractivity contribution in [1.29, 1.82) is 0 Å². The standard InChI is InChI=1S/C15H25FN4O/c1-3-15(21)10-19(2)9-14-4-13(16)8-20(14)7-12-5-17-11-18-6-12/h5-6,11,13-15,21H,3-4,7-10H2,1-2H3/t13-,14-,15+/m0/s1. The van der Waals surface area contributed by atoms with Gasteiger partial charge in [0, 0.05) is 50.2 Å². The second-order valence-electron chi connectivity index (χ2n) is 5.95. The molecule has 0 aliphatic carbocycles. The Labute approximate surface area is 125 Å². The van der Waals surface area contributed by atoms with Gasteiger partial charge in [-0.1, -0.05) is 6.92 Å². The number of hydrogen-bond acceptors (Lipinski definition) is 5. The summed E-state index contributed by atoms with van der Waals surface area (Å²) >= 11 is 0. The predicted molar refractivity (Wildman–Crippen MR) is 79.5 cm³/mol. The van der Waals surface area contributed by atoms with Crippen LogP contribution in [0.25, 0.3) is 0 Å². The summed E-state index contributed by atoms with van der Waals surface area (Å²) in [6.07, 6.45) is 5.27. The Morgan fingerprint density at radius 2 is 2.19 bits per heavy atom. The summed E-state index contributed by atoms with van der Waals surface area (Å²) in [5, 5.41) is 9.71. The zero-order valence-corrected chi connectivity index (χ0v) is 12.8. The Balaban J connectivity index is 1.90. The van der Waals surface area contributed by atoms with Gasteiger partial charge in [0.05, 0.1) is 6.10 Å². The summed E-state index contributed by atoms with van der Waals surface area (Å²) in [5.74, 6) is 0. The van der Waals surface area contributed by atoms with E-state index in [1.165, 1.54) is 6.33 Å². The van der Waals surface area contributed by atoms with Gasteiger partial charge in [-0.05, 0) is 19.9 Å². The molecule has 6 heteroatoms. The second-order valence-corrected chi connectivity index (χ2v) is 5.95. The number of nitrogens with zero attached hydrogens (tertiary/aromatic N) is 4. The van der Waals surface area contributed by atoms with E-state index in [0.717, 1.165) is 18.5 Å². The van der Waals surface area contributed by atoms with E-state index in [1.54, 1.807) is 12.4 Å². The van der Waals surface area contributed by atoms with Crippen molar-refractivity contribution in [3.05, 3.63) is 24.3 Å². The molecule has 1 aromatic rings. The number of aliphatic hydroxyl groups is 1. The fourth-order valence-corrected chi connectivity index (χ4v) is 2.88. The lowest BCUT2D eigenvalue weighted by atomic mass is 10.1. The van der Waals surface area contributed by atoms with E-state index in [9.17, 15) is 9.50 Å². The smallest absolute Gasteiger partial charge is 0.115 e. The first-order chi connectivity index (χ1) is 10.1. The van der Waals surface area contributed by atoms with E-state index in [-0.39, 0.29) is 12.1 Å². The Hall–Kier alpha value is -1.11. The molecule has 1 fully saturated rings. The highest BCUT2D eigenvalue weighted by Crippen LogP contribution is 2.23. The van der Waals surface area contributed by atoms with Gasteiger partial charge in [0.1, 0.15) is 12.5 Å². The van der Waals surface area contributed by atoms with E-state index >= 15 is 0 Å². The summed E-state index contributed by atoms with van der Waals surface area (Å²) < 4.78 is 13.8. The van der Waals surface area contributed by atoms with E-state index in [0.29, 0.717) is 26.1 Å². The maximum absolute atomic E-state index is 13.8. The van der Waals surface area contributed by atoms with Crippen LogP contribution in [0.15, 0.2) is 18.7 Å². The zero-order valence-electron chi connectivity index (χ0n) is 12.8. The maximum atomic E-state index is 13.8. The van der Waals surface area contributed by atoms with Crippen LogP contribution in [0.5, 0.6) is 0 Å². The molecule has 2 rings (SSSR count). The van der Waals surface area contributed by atoms with Crippen LogP contribution in [0, 0.1) is 0 Å². The molecular weight excluding hydrogens is 271 g/mol. The molecule has 118 valence electrons. The van der Waals surface area contributed by atoms with E-state index in [1.807, 2.05) is 14.0 Å². The number of aromatic nitrogens is 2. The lowest BCUT2D eigenvalue weighted by molar-refractivity contribution is 0.104. The average molecular weight is 296 g/mol. The molecule has 21 heavy (non-hydrogen) atoms. The highest BCUT2D eigenvalue weighted by atomic mass is 19.1. The molecular formula is C15H25FN4O. The third kappa shape index (κ3) is 4.98. The molecule has 0 aromatic carbocycles. The molecule has 1 aliphatic rings. The molecule has 0 spiro atoms. The monoisotopic (exact) mass is 296 g/mol. The van der Waals surface area contributed by atoms with Gasteiger partial charge in [-0.2, -0.15) is 0 Å². The van der Waals surface area contributed by atoms with Crippen LogP contribution < -0.4 is 0 Å². The van der Waals surface area contributed by atoms with Gasteiger partial charge in [0.15, 0.2) is 0 Å². The van der Waals surface area contributed by atoms with Crippen molar-refractivity contribution >= 4 is 0 Å². The lowest BCUT2D eigenvalue weighted by Gasteiger charge is -2.29. The quantitative estimate of drug-likeness (QED) is 0.816. The first kappa shape index (κ1) is 16.3. The molecule has 1 aliphatic heterocycles. The fraction of sp³-hybridized carbons (Fsp3) is 0.733. The second kappa shape index (κ2) is 7.77. The first-order valence-corrected chi connectivity index (χ1v) is 7.57. The van der Waals surface area contributed by atoms with Gasteiger partial charge in [0.2, 0.25) is 0 Å². The van der Waals surface area contributed by atoms with E-state index in [4.69, 9.17) is 0 Å². The van der Waals surface area contributed by atoms with Gasteiger partial charge in [-0.15, -0.1) is 0 Å². The molecule has 0 bridgehead atoms. The van der Waals surface area contributed by atoms with Gasteiger partial charge in [-0.25, -0.2) is 14.4 Å². The van der Waals surface area contributed by atoms with Crippen molar-refractivity contribution in [2.24, 2.45) is 0 Å². The molecule has 3 atom stereocenters. The Morgan fingerprint density at radius 1 is 1.48 bits per heavy atom. The van der Waals surface area contributed by atoms with Crippen LogP contribution in [-0.2, 0) is 6.54 Å². The SMILES string of the molecule is CC[C@@H](O)CN(C)C[C@@H]1C[C@H](F)CN1Cc1cncnc1. The van der Waals surface area contributed by atoms with Crippen LogP contribution in [0.3, 0.4) is 0 Å². The van der Waals surface area contributed by atoms with Gasteiger partial charge >= 0.3 is 0 Å². The Kier molecular flexibility index (Phi) is 6.02. The van der Waals surface area contributed by atoms with Gasteiger partial charge < -0.3 is 10.0 Å². The number of alkyl halides is 1. The number of hydrogen-bond donors (Lipinski definition) is 1.